The van der Waals surface area contributed by atoms with E-state index in [1.165, 1.54) is 4.90 Å². The molecule has 0 spiro atoms. The summed E-state index contributed by atoms with van der Waals surface area (Å²) in [5, 5.41) is 0. The Kier molecular flexibility index (Phi) is 6.29. The minimum atomic E-state index is -0.619. The van der Waals surface area contributed by atoms with Gasteiger partial charge in [-0.15, -0.1) is 0 Å². The highest BCUT2D eigenvalue weighted by Crippen LogP contribution is 2.42. The molecule has 3 atom stereocenters. The number of carbonyl (C=O) groups excluding carboxylic acids is 3. The minimum Gasteiger partial charge on any atom is -0.463 e. The molecule has 0 aromatic heterocycles. The molecule has 2 aliphatic rings. The highest BCUT2D eigenvalue weighted by atomic mass is 16.5. The van der Waals surface area contributed by atoms with E-state index in [4.69, 9.17) is 9.47 Å². The van der Waals surface area contributed by atoms with Crippen molar-refractivity contribution >= 4 is 23.5 Å². The SMILES string of the molecule is CCOC(=O)C1=C[C@H](OC(CC)CC)[C@@H]2C(=O)N(c3ccccc3)C(=O)[C@@H]2C1. The monoisotopic (exact) mass is 385 g/mol. The first-order valence-corrected chi connectivity index (χ1v) is 9.97. The van der Waals surface area contributed by atoms with Crippen LogP contribution in [0.5, 0.6) is 0 Å². The number of benzene rings is 1. The summed E-state index contributed by atoms with van der Waals surface area (Å²) in [6.07, 6.45) is 2.80. The van der Waals surface area contributed by atoms with Gasteiger partial charge in [-0.1, -0.05) is 32.0 Å². The molecular weight excluding hydrogens is 358 g/mol. The van der Waals surface area contributed by atoms with Gasteiger partial charge in [0.05, 0.1) is 36.3 Å². The van der Waals surface area contributed by atoms with Crippen molar-refractivity contribution in [3.05, 3.63) is 42.0 Å². The molecule has 0 radical (unpaired) electrons. The average molecular weight is 385 g/mol. The fourth-order valence-corrected chi connectivity index (χ4v) is 3.97. The standard InChI is InChI=1S/C22H27NO5/c1-4-16(5-2)28-18-13-14(22(26)27-6-3)12-17-19(18)21(25)23(20(17)24)15-10-8-7-9-11-15/h7-11,13,16-19H,4-6,12H2,1-3H3/t17-,18+,19-/m1/s1. The van der Waals surface area contributed by atoms with Gasteiger partial charge in [-0.3, -0.25) is 9.59 Å². The largest absolute Gasteiger partial charge is 0.463 e. The molecule has 6 nitrogen and oxygen atoms in total. The lowest BCUT2D eigenvalue weighted by Crippen LogP contribution is -2.39. The Hall–Kier alpha value is -2.47. The van der Waals surface area contributed by atoms with E-state index in [1.807, 2.05) is 19.9 Å². The number of nitrogens with zero attached hydrogens (tertiary/aromatic N) is 1. The van der Waals surface area contributed by atoms with E-state index in [9.17, 15) is 14.4 Å². The van der Waals surface area contributed by atoms with Crippen molar-refractivity contribution in [3.8, 4) is 0 Å². The van der Waals surface area contributed by atoms with Gasteiger partial charge in [0.2, 0.25) is 11.8 Å². The van der Waals surface area contributed by atoms with Gasteiger partial charge >= 0.3 is 5.97 Å². The van der Waals surface area contributed by atoms with E-state index in [0.717, 1.165) is 12.8 Å². The molecule has 1 aliphatic heterocycles. The molecule has 150 valence electrons. The predicted octanol–water partition coefficient (Wildman–Crippen LogP) is 3.26. The van der Waals surface area contributed by atoms with Crippen LogP contribution in [0.15, 0.2) is 42.0 Å². The van der Waals surface area contributed by atoms with E-state index in [1.54, 1.807) is 37.3 Å². The summed E-state index contributed by atoms with van der Waals surface area (Å²) in [6.45, 7) is 6.03. The number of hydrogen-bond acceptors (Lipinski definition) is 5. The Morgan fingerprint density at radius 3 is 2.39 bits per heavy atom. The maximum atomic E-state index is 13.2. The first-order valence-electron chi connectivity index (χ1n) is 9.97. The third-order valence-electron chi connectivity index (χ3n) is 5.45. The summed E-state index contributed by atoms with van der Waals surface area (Å²) in [6, 6.07) is 8.89. The summed E-state index contributed by atoms with van der Waals surface area (Å²) in [4.78, 5) is 39.9. The van der Waals surface area contributed by atoms with Gasteiger partial charge in [0.15, 0.2) is 0 Å². The van der Waals surface area contributed by atoms with Crippen LogP contribution < -0.4 is 4.90 Å². The van der Waals surface area contributed by atoms with Gasteiger partial charge in [0, 0.05) is 5.57 Å². The number of para-hydroxylation sites is 1. The zero-order valence-corrected chi connectivity index (χ0v) is 16.6. The van der Waals surface area contributed by atoms with Crippen molar-refractivity contribution in [1.82, 2.24) is 0 Å². The summed E-state index contributed by atoms with van der Waals surface area (Å²) in [5.74, 6) is -2.23. The Labute approximate surface area is 165 Å². The van der Waals surface area contributed by atoms with Crippen LogP contribution in [0.3, 0.4) is 0 Å². The van der Waals surface area contributed by atoms with Crippen molar-refractivity contribution in [2.45, 2.75) is 52.2 Å². The molecule has 3 rings (SSSR count). The second kappa shape index (κ2) is 8.69. The lowest BCUT2D eigenvalue weighted by Gasteiger charge is -2.31. The molecule has 1 heterocycles. The van der Waals surface area contributed by atoms with Crippen LogP contribution in [0, 0.1) is 11.8 Å². The maximum Gasteiger partial charge on any atom is 0.333 e. The number of esters is 1. The lowest BCUT2D eigenvalue weighted by atomic mass is 9.79. The molecule has 0 bridgehead atoms. The van der Waals surface area contributed by atoms with Crippen LogP contribution in [0.4, 0.5) is 5.69 Å². The summed E-state index contributed by atoms with van der Waals surface area (Å²) in [7, 11) is 0. The van der Waals surface area contributed by atoms with E-state index in [2.05, 4.69) is 0 Å². The lowest BCUT2D eigenvalue weighted by molar-refractivity contribution is -0.140. The number of carbonyl (C=O) groups is 3. The zero-order valence-electron chi connectivity index (χ0n) is 16.6. The number of rotatable bonds is 7. The average Bonchev–Trinajstić information content (AvgIpc) is 2.97. The maximum absolute atomic E-state index is 13.2. The number of hydrogen-bond donors (Lipinski definition) is 0. The van der Waals surface area contributed by atoms with Gasteiger partial charge in [-0.05, 0) is 44.4 Å². The molecule has 1 aromatic carbocycles. The first kappa shape index (κ1) is 20.3. The Bertz CT molecular complexity index is 768. The summed E-state index contributed by atoms with van der Waals surface area (Å²) >= 11 is 0. The van der Waals surface area contributed by atoms with E-state index in [-0.39, 0.29) is 30.9 Å². The van der Waals surface area contributed by atoms with Gasteiger partial charge in [0.1, 0.15) is 0 Å². The van der Waals surface area contributed by atoms with Gasteiger partial charge in [-0.2, -0.15) is 0 Å². The quantitative estimate of drug-likeness (QED) is 0.532. The topological polar surface area (TPSA) is 72.9 Å². The molecule has 28 heavy (non-hydrogen) atoms. The fourth-order valence-electron chi connectivity index (χ4n) is 3.97. The van der Waals surface area contributed by atoms with E-state index < -0.39 is 23.9 Å². The van der Waals surface area contributed by atoms with Crippen molar-refractivity contribution in [2.24, 2.45) is 11.8 Å². The van der Waals surface area contributed by atoms with Crippen molar-refractivity contribution in [2.75, 3.05) is 11.5 Å². The Morgan fingerprint density at radius 2 is 1.79 bits per heavy atom. The molecular formula is C22H27NO5. The molecule has 1 saturated heterocycles. The fraction of sp³-hybridized carbons (Fsp3) is 0.500. The highest BCUT2D eigenvalue weighted by Gasteiger charge is 2.54. The Morgan fingerprint density at radius 1 is 1.11 bits per heavy atom. The minimum absolute atomic E-state index is 0.0443. The van der Waals surface area contributed by atoms with Crippen molar-refractivity contribution in [1.29, 1.82) is 0 Å². The summed E-state index contributed by atoms with van der Waals surface area (Å²) in [5.41, 5.74) is 0.959. The Balaban J connectivity index is 1.96. The molecule has 0 unspecified atom stereocenters. The van der Waals surface area contributed by atoms with Crippen molar-refractivity contribution in [3.63, 3.8) is 0 Å². The molecule has 2 amide bonds. The van der Waals surface area contributed by atoms with Gasteiger partial charge in [0.25, 0.3) is 0 Å². The molecule has 0 N–H and O–H groups in total. The smallest absolute Gasteiger partial charge is 0.333 e. The van der Waals surface area contributed by atoms with Crippen LogP contribution >= 0.6 is 0 Å². The number of imide groups is 1. The number of ether oxygens (including phenoxy) is 2. The molecule has 1 aliphatic carbocycles. The molecule has 1 aromatic rings. The van der Waals surface area contributed by atoms with Crippen LogP contribution in [0.2, 0.25) is 0 Å². The number of amides is 2. The van der Waals surface area contributed by atoms with Crippen LogP contribution in [0.25, 0.3) is 0 Å². The van der Waals surface area contributed by atoms with Gasteiger partial charge < -0.3 is 9.47 Å². The normalized spacial score (nSPS) is 24.4. The summed E-state index contributed by atoms with van der Waals surface area (Å²) < 4.78 is 11.3. The van der Waals surface area contributed by atoms with Crippen molar-refractivity contribution < 1.29 is 23.9 Å². The van der Waals surface area contributed by atoms with E-state index >= 15 is 0 Å². The second-order valence-electron chi connectivity index (χ2n) is 7.14. The zero-order chi connectivity index (χ0) is 20.3. The second-order valence-corrected chi connectivity index (χ2v) is 7.14. The highest BCUT2D eigenvalue weighted by molar-refractivity contribution is 6.22. The molecule has 0 saturated carbocycles. The number of anilines is 1. The predicted molar refractivity (Wildman–Crippen MR) is 104 cm³/mol. The third kappa shape index (κ3) is 3.74. The molecule has 1 fully saturated rings. The first-order chi connectivity index (χ1) is 13.5. The van der Waals surface area contributed by atoms with Crippen LogP contribution in [-0.4, -0.2) is 36.6 Å². The van der Waals surface area contributed by atoms with Crippen LogP contribution in [-0.2, 0) is 23.9 Å². The third-order valence-corrected chi connectivity index (χ3v) is 5.45. The van der Waals surface area contributed by atoms with Gasteiger partial charge in [-0.25, -0.2) is 9.69 Å². The van der Waals surface area contributed by atoms with E-state index in [0.29, 0.717) is 11.3 Å². The number of fused-ring (bicyclic) bond motifs is 1. The molecule has 6 heteroatoms. The van der Waals surface area contributed by atoms with Crippen LogP contribution in [0.1, 0.15) is 40.0 Å².